The molecule has 3 rings (SSSR count). The van der Waals surface area contributed by atoms with E-state index in [0.717, 1.165) is 37.2 Å². The van der Waals surface area contributed by atoms with E-state index in [2.05, 4.69) is 10.2 Å². The molecule has 0 unspecified atom stereocenters. The normalized spacial score (nSPS) is 14.5. The van der Waals surface area contributed by atoms with Crippen molar-refractivity contribution in [3.63, 3.8) is 0 Å². The molecule has 5 heteroatoms. The zero-order valence-electron chi connectivity index (χ0n) is 13.6. The number of carbonyl (C=O) groups is 1. The van der Waals surface area contributed by atoms with E-state index in [0.29, 0.717) is 17.8 Å². The molecule has 0 bridgehead atoms. The second-order valence-corrected chi connectivity index (χ2v) is 6.13. The number of hydrogen-bond donors (Lipinski definition) is 2. The summed E-state index contributed by atoms with van der Waals surface area (Å²) in [5.41, 5.74) is 8.83. The van der Waals surface area contributed by atoms with Crippen LogP contribution >= 0.6 is 0 Å². The first kappa shape index (κ1) is 16.3. The van der Waals surface area contributed by atoms with Crippen LogP contribution in [0.1, 0.15) is 35.2 Å². The minimum Gasteiger partial charge on any atom is -0.399 e. The molecule has 0 aliphatic carbocycles. The molecule has 1 saturated heterocycles. The average molecular weight is 327 g/mol. The van der Waals surface area contributed by atoms with Gasteiger partial charge in [-0.2, -0.15) is 0 Å². The van der Waals surface area contributed by atoms with Gasteiger partial charge >= 0.3 is 0 Å². The molecule has 1 heterocycles. The van der Waals surface area contributed by atoms with Crippen LogP contribution in [-0.2, 0) is 6.54 Å². The zero-order valence-corrected chi connectivity index (χ0v) is 13.6. The van der Waals surface area contributed by atoms with E-state index in [4.69, 9.17) is 5.73 Å². The number of piperidine rings is 1. The second kappa shape index (κ2) is 7.34. The molecule has 1 amide bonds. The highest BCUT2D eigenvalue weighted by molar-refractivity contribution is 6.00. The minimum absolute atomic E-state index is 0.160. The van der Waals surface area contributed by atoms with Crippen LogP contribution in [0.5, 0.6) is 0 Å². The highest BCUT2D eigenvalue weighted by atomic mass is 19.1. The summed E-state index contributed by atoms with van der Waals surface area (Å²) in [6.07, 6.45) is 3.51. The van der Waals surface area contributed by atoms with Gasteiger partial charge < -0.3 is 16.0 Å². The van der Waals surface area contributed by atoms with E-state index >= 15 is 0 Å². The Kier molecular flexibility index (Phi) is 4.99. The Morgan fingerprint density at radius 2 is 1.79 bits per heavy atom. The third-order valence-corrected chi connectivity index (χ3v) is 4.33. The molecule has 126 valence electrons. The van der Waals surface area contributed by atoms with E-state index in [-0.39, 0.29) is 11.7 Å². The van der Waals surface area contributed by atoms with E-state index < -0.39 is 0 Å². The summed E-state index contributed by atoms with van der Waals surface area (Å²) in [6, 6.07) is 11.6. The highest BCUT2D eigenvalue weighted by Crippen LogP contribution is 2.26. The second-order valence-electron chi connectivity index (χ2n) is 6.13. The van der Waals surface area contributed by atoms with Crippen molar-refractivity contribution in [2.75, 3.05) is 23.7 Å². The highest BCUT2D eigenvalue weighted by Gasteiger charge is 2.18. The Labute approximate surface area is 141 Å². The first-order valence-corrected chi connectivity index (χ1v) is 8.30. The molecule has 2 aromatic carbocycles. The summed E-state index contributed by atoms with van der Waals surface area (Å²) in [7, 11) is 0. The van der Waals surface area contributed by atoms with Crippen LogP contribution in [-0.4, -0.2) is 19.0 Å². The number of benzene rings is 2. The number of nitrogens with two attached hydrogens (primary N) is 1. The summed E-state index contributed by atoms with van der Waals surface area (Å²) in [4.78, 5) is 14.9. The van der Waals surface area contributed by atoms with Gasteiger partial charge in [0.05, 0.1) is 5.56 Å². The van der Waals surface area contributed by atoms with Crippen molar-refractivity contribution in [2.24, 2.45) is 0 Å². The third-order valence-electron chi connectivity index (χ3n) is 4.33. The Bertz CT molecular complexity index is 709. The maximum atomic E-state index is 12.9. The smallest absolute Gasteiger partial charge is 0.253 e. The summed E-state index contributed by atoms with van der Waals surface area (Å²) in [5, 5.41) is 2.90. The molecule has 2 aromatic rings. The predicted octanol–water partition coefficient (Wildman–Crippen LogP) is 3.33. The van der Waals surface area contributed by atoms with Crippen molar-refractivity contribution in [3.8, 4) is 0 Å². The number of anilines is 2. The Hall–Kier alpha value is -2.56. The van der Waals surface area contributed by atoms with Crippen LogP contribution in [0.25, 0.3) is 0 Å². The minimum atomic E-state index is -0.284. The Morgan fingerprint density at radius 1 is 1.08 bits per heavy atom. The van der Waals surface area contributed by atoms with E-state index in [9.17, 15) is 9.18 Å². The number of carbonyl (C=O) groups excluding carboxylic acids is 1. The number of halogens is 1. The number of nitrogens with zero attached hydrogens (tertiary/aromatic N) is 1. The van der Waals surface area contributed by atoms with E-state index in [1.165, 1.54) is 18.6 Å². The van der Waals surface area contributed by atoms with Crippen LogP contribution < -0.4 is 16.0 Å². The lowest BCUT2D eigenvalue weighted by atomic mass is 10.1. The van der Waals surface area contributed by atoms with Crippen LogP contribution in [0, 0.1) is 5.82 Å². The predicted molar refractivity (Wildman–Crippen MR) is 94.5 cm³/mol. The first-order chi connectivity index (χ1) is 11.6. The fourth-order valence-corrected chi connectivity index (χ4v) is 3.03. The lowest BCUT2D eigenvalue weighted by Crippen LogP contribution is -2.32. The van der Waals surface area contributed by atoms with Gasteiger partial charge in [-0.05, 0) is 55.2 Å². The largest absolute Gasteiger partial charge is 0.399 e. The van der Waals surface area contributed by atoms with Crippen molar-refractivity contribution in [1.29, 1.82) is 0 Å². The average Bonchev–Trinajstić information content (AvgIpc) is 2.61. The standard InChI is InChI=1S/C19H22FN3O/c20-15-6-4-14(5-7-15)13-22-19(24)17-12-16(21)8-9-18(17)23-10-2-1-3-11-23/h4-9,12H,1-3,10-11,13,21H2,(H,22,24). The Balaban J connectivity index is 1.75. The van der Waals surface area contributed by atoms with E-state index in [1.807, 2.05) is 12.1 Å². The molecule has 0 aromatic heterocycles. The van der Waals surface area contributed by atoms with Gasteiger partial charge in [-0.15, -0.1) is 0 Å². The molecular formula is C19H22FN3O. The quantitative estimate of drug-likeness (QED) is 0.847. The topological polar surface area (TPSA) is 58.4 Å². The number of nitrogen functional groups attached to an aromatic ring is 1. The van der Waals surface area contributed by atoms with Gasteiger partial charge in [0, 0.05) is 31.0 Å². The van der Waals surface area contributed by atoms with Gasteiger partial charge in [-0.3, -0.25) is 4.79 Å². The Morgan fingerprint density at radius 3 is 2.50 bits per heavy atom. The number of nitrogens with one attached hydrogen (secondary N) is 1. The van der Waals surface area contributed by atoms with Gasteiger partial charge in [-0.25, -0.2) is 4.39 Å². The van der Waals surface area contributed by atoms with Crippen molar-refractivity contribution in [3.05, 3.63) is 59.4 Å². The zero-order chi connectivity index (χ0) is 16.9. The first-order valence-electron chi connectivity index (χ1n) is 8.30. The summed E-state index contributed by atoms with van der Waals surface area (Å²) in [5.74, 6) is -0.444. The molecule has 1 aliphatic rings. The van der Waals surface area contributed by atoms with Crippen molar-refractivity contribution >= 4 is 17.3 Å². The molecule has 1 fully saturated rings. The van der Waals surface area contributed by atoms with Crippen LogP contribution in [0.3, 0.4) is 0 Å². The molecular weight excluding hydrogens is 305 g/mol. The fraction of sp³-hybridized carbons (Fsp3) is 0.316. The van der Waals surface area contributed by atoms with Crippen molar-refractivity contribution in [1.82, 2.24) is 5.32 Å². The van der Waals surface area contributed by atoms with Gasteiger partial charge in [0.15, 0.2) is 0 Å². The van der Waals surface area contributed by atoms with Crippen molar-refractivity contribution in [2.45, 2.75) is 25.8 Å². The maximum Gasteiger partial charge on any atom is 0.253 e. The van der Waals surface area contributed by atoms with Crippen LogP contribution in [0.15, 0.2) is 42.5 Å². The molecule has 24 heavy (non-hydrogen) atoms. The molecule has 0 radical (unpaired) electrons. The number of amides is 1. The summed E-state index contributed by atoms with van der Waals surface area (Å²) >= 11 is 0. The molecule has 0 atom stereocenters. The van der Waals surface area contributed by atoms with Gasteiger partial charge in [0.1, 0.15) is 5.82 Å². The summed E-state index contributed by atoms with van der Waals surface area (Å²) in [6.45, 7) is 2.28. The molecule has 3 N–H and O–H groups in total. The third kappa shape index (κ3) is 3.85. The van der Waals surface area contributed by atoms with E-state index in [1.54, 1.807) is 18.2 Å². The monoisotopic (exact) mass is 327 g/mol. The summed E-state index contributed by atoms with van der Waals surface area (Å²) < 4.78 is 12.9. The molecule has 0 saturated carbocycles. The van der Waals surface area contributed by atoms with Gasteiger partial charge in [0.2, 0.25) is 0 Å². The van der Waals surface area contributed by atoms with Gasteiger partial charge in [0.25, 0.3) is 5.91 Å². The maximum absolute atomic E-state index is 12.9. The SMILES string of the molecule is Nc1ccc(N2CCCCC2)c(C(=O)NCc2ccc(F)cc2)c1. The fourth-order valence-electron chi connectivity index (χ4n) is 3.03. The van der Waals surface area contributed by atoms with Crippen LogP contribution in [0.4, 0.5) is 15.8 Å². The van der Waals surface area contributed by atoms with Crippen molar-refractivity contribution < 1.29 is 9.18 Å². The number of rotatable bonds is 4. The molecule has 0 spiro atoms. The lowest BCUT2D eigenvalue weighted by Gasteiger charge is -2.30. The lowest BCUT2D eigenvalue weighted by molar-refractivity contribution is 0.0951. The number of hydrogen-bond acceptors (Lipinski definition) is 3. The molecule has 4 nitrogen and oxygen atoms in total. The van der Waals surface area contributed by atoms with Crippen LogP contribution in [0.2, 0.25) is 0 Å². The molecule has 1 aliphatic heterocycles. The van der Waals surface area contributed by atoms with Gasteiger partial charge in [-0.1, -0.05) is 12.1 Å².